The van der Waals surface area contributed by atoms with Crippen molar-refractivity contribution in [1.29, 1.82) is 0 Å². The number of thioether (sulfide) groups is 1. The summed E-state index contributed by atoms with van der Waals surface area (Å²) >= 11 is 1.39. The normalized spacial score (nSPS) is 10.4. The highest BCUT2D eigenvalue weighted by Gasteiger charge is 2.13. The molecule has 0 saturated carbocycles. The lowest BCUT2D eigenvalue weighted by Gasteiger charge is -2.06. The summed E-state index contributed by atoms with van der Waals surface area (Å²) in [6, 6.07) is 6.30. The van der Waals surface area contributed by atoms with Crippen LogP contribution in [0.25, 0.3) is 0 Å². The lowest BCUT2D eigenvalue weighted by molar-refractivity contribution is 0.0685. The van der Waals surface area contributed by atoms with Crippen LogP contribution in [0, 0.1) is 13.8 Å². The van der Waals surface area contributed by atoms with Crippen molar-refractivity contribution in [2.45, 2.75) is 24.6 Å². The molecule has 4 nitrogen and oxygen atoms in total. The minimum absolute atomic E-state index is 0.0110. The summed E-state index contributed by atoms with van der Waals surface area (Å²) < 4.78 is 0. The Bertz CT molecular complexity index is 594. The van der Waals surface area contributed by atoms with Gasteiger partial charge in [0.1, 0.15) is 5.03 Å². The number of carbonyl (C=O) groups is 1. The number of aromatic carboxylic acids is 1. The van der Waals surface area contributed by atoms with Crippen molar-refractivity contribution in [1.82, 2.24) is 9.97 Å². The average Bonchev–Trinajstić information content (AvgIpc) is 2.35. The highest BCUT2D eigenvalue weighted by molar-refractivity contribution is 7.98. The zero-order valence-electron chi connectivity index (χ0n) is 10.8. The van der Waals surface area contributed by atoms with E-state index in [1.807, 2.05) is 13.8 Å². The highest BCUT2D eigenvalue weighted by Crippen LogP contribution is 2.24. The van der Waals surface area contributed by atoms with Gasteiger partial charge >= 0.3 is 5.97 Å². The fourth-order valence-corrected chi connectivity index (χ4v) is 2.76. The van der Waals surface area contributed by atoms with Crippen LogP contribution in [0.3, 0.4) is 0 Å². The summed E-state index contributed by atoms with van der Waals surface area (Å²) in [5.41, 5.74) is 3.57. The summed E-state index contributed by atoms with van der Waals surface area (Å²) in [7, 11) is 0. The zero-order valence-corrected chi connectivity index (χ0v) is 11.6. The second kappa shape index (κ2) is 5.84. The van der Waals surface area contributed by atoms with E-state index in [1.165, 1.54) is 35.3 Å². The van der Waals surface area contributed by atoms with E-state index in [9.17, 15) is 4.79 Å². The van der Waals surface area contributed by atoms with Gasteiger partial charge < -0.3 is 5.11 Å². The molecule has 2 aromatic rings. The van der Waals surface area contributed by atoms with Crippen molar-refractivity contribution in [2.75, 3.05) is 0 Å². The van der Waals surface area contributed by atoms with E-state index >= 15 is 0 Å². The van der Waals surface area contributed by atoms with Crippen molar-refractivity contribution in [2.24, 2.45) is 0 Å². The standard InChI is InChI=1S/C14H14N2O2S/c1-9-5-10(2)7-11(6-9)8-19-13-12(14(17)18)15-3-4-16-13/h3-7H,8H2,1-2H3,(H,17,18). The van der Waals surface area contributed by atoms with E-state index in [-0.39, 0.29) is 5.69 Å². The van der Waals surface area contributed by atoms with Crippen molar-refractivity contribution >= 4 is 17.7 Å². The first-order valence-corrected chi connectivity index (χ1v) is 6.79. The summed E-state index contributed by atoms with van der Waals surface area (Å²) in [6.07, 6.45) is 2.90. The number of carboxylic acids is 1. The molecule has 1 heterocycles. The molecular formula is C14H14N2O2S. The van der Waals surface area contributed by atoms with Gasteiger partial charge in [0.15, 0.2) is 5.69 Å². The van der Waals surface area contributed by atoms with Crippen LogP contribution in [-0.4, -0.2) is 21.0 Å². The van der Waals surface area contributed by atoms with Gasteiger partial charge in [-0.05, 0) is 19.4 Å². The maximum absolute atomic E-state index is 11.0. The Balaban J connectivity index is 2.16. The summed E-state index contributed by atoms with van der Waals surface area (Å²) in [4.78, 5) is 18.9. The van der Waals surface area contributed by atoms with Crippen molar-refractivity contribution in [3.8, 4) is 0 Å². The molecule has 0 radical (unpaired) electrons. The monoisotopic (exact) mass is 274 g/mol. The van der Waals surface area contributed by atoms with Gasteiger partial charge in [-0.3, -0.25) is 0 Å². The molecule has 0 fully saturated rings. The predicted octanol–water partition coefficient (Wildman–Crippen LogP) is 3.08. The van der Waals surface area contributed by atoms with Crippen LogP contribution in [0.1, 0.15) is 27.2 Å². The molecule has 5 heteroatoms. The molecule has 0 spiro atoms. The highest BCUT2D eigenvalue weighted by atomic mass is 32.2. The number of hydrogen-bond donors (Lipinski definition) is 1. The Labute approximate surface area is 115 Å². The molecular weight excluding hydrogens is 260 g/mol. The number of rotatable bonds is 4. The van der Waals surface area contributed by atoms with Gasteiger partial charge in [0.2, 0.25) is 0 Å². The zero-order chi connectivity index (χ0) is 13.8. The second-order valence-electron chi connectivity index (χ2n) is 4.30. The molecule has 0 bridgehead atoms. The van der Waals surface area contributed by atoms with Gasteiger partial charge in [0, 0.05) is 18.1 Å². The predicted molar refractivity (Wildman–Crippen MR) is 74.5 cm³/mol. The first-order chi connectivity index (χ1) is 9.06. The summed E-state index contributed by atoms with van der Waals surface area (Å²) in [6.45, 7) is 4.10. The van der Waals surface area contributed by atoms with Crippen molar-refractivity contribution < 1.29 is 9.90 Å². The van der Waals surface area contributed by atoms with E-state index in [2.05, 4.69) is 28.2 Å². The summed E-state index contributed by atoms with van der Waals surface area (Å²) in [5.74, 6) is -0.363. The topological polar surface area (TPSA) is 63.1 Å². The molecule has 0 unspecified atom stereocenters. The van der Waals surface area contributed by atoms with Gasteiger partial charge in [-0.25, -0.2) is 14.8 Å². The Hall–Kier alpha value is -1.88. The van der Waals surface area contributed by atoms with Gasteiger partial charge in [-0.15, -0.1) is 0 Å². The van der Waals surface area contributed by atoms with Gasteiger partial charge in [-0.1, -0.05) is 41.1 Å². The van der Waals surface area contributed by atoms with Crippen molar-refractivity contribution in [3.63, 3.8) is 0 Å². The lowest BCUT2D eigenvalue weighted by Crippen LogP contribution is -2.03. The fraction of sp³-hybridized carbons (Fsp3) is 0.214. The minimum Gasteiger partial charge on any atom is -0.476 e. The molecule has 0 amide bonds. The Kier molecular flexibility index (Phi) is 4.16. The fourth-order valence-electron chi connectivity index (χ4n) is 1.88. The van der Waals surface area contributed by atoms with E-state index in [4.69, 9.17) is 5.11 Å². The Morgan fingerprint density at radius 2 is 1.79 bits per heavy atom. The average molecular weight is 274 g/mol. The van der Waals surface area contributed by atoms with Crippen LogP contribution in [0.2, 0.25) is 0 Å². The quantitative estimate of drug-likeness (QED) is 0.868. The number of hydrogen-bond acceptors (Lipinski definition) is 4. The first-order valence-electron chi connectivity index (χ1n) is 5.80. The molecule has 1 aromatic heterocycles. The third kappa shape index (κ3) is 3.54. The maximum Gasteiger partial charge on any atom is 0.357 e. The molecule has 19 heavy (non-hydrogen) atoms. The minimum atomic E-state index is -1.05. The van der Waals surface area contributed by atoms with E-state index in [0.717, 1.165) is 5.56 Å². The number of aromatic nitrogens is 2. The summed E-state index contributed by atoms with van der Waals surface area (Å²) in [5, 5.41) is 9.49. The van der Waals surface area contributed by atoms with Crippen LogP contribution in [0.4, 0.5) is 0 Å². The third-order valence-electron chi connectivity index (χ3n) is 2.52. The molecule has 2 rings (SSSR count). The smallest absolute Gasteiger partial charge is 0.357 e. The SMILES string of the molecule is Cc1cc(C)cc(CSc2nccnc2C(=O)O)c1. The molecule has 98 valence electrons. The first kappa shape index (κ1) is 13.5. The largest absolute Gasteiger partial charge is 0.476 e. The van der Waals surface area contributed by atoms with Gasteiger partial charge in [-0.2, -0.15) is 0 Å². The number of carboxylic acid groups (broad SMARTS) is 1. The molecule has 0 atom stereocenters. The van der Waals surface area contributed by atoms with Gasteiger partial charge in [0.25, 0.3) is 0 Å². The lowest BCUT2D eigenvalue weighted by atomic mass is 10.1. The van der Waals surface area contributed by atoms with E-state index in [0.29, 0.717) is 10.8 Å². The van der Waals surface area contributed by atoms with Crippen LogP contribution in [0.5, 0.6) is 0 Å². The maximum atomic E-state index is 11.0. The Morgan fingerprint density at radius 3 is 2.42 bits per heavy atom. The molecule has 1 aromatic carbocycles. The van der Waals surface area contributed by atoms with Crippen LogP contribution in [-0.2, 0) is 5.75 Å². The molecule has 0 aliphatic rings. The van der Waals surface area contributed by atoms with Crippen molar-refractivity contribution in [3.05, 3.63) is 53.0 Å². The third-order valence-corrected chi connectivity index (χ3v) is 3.57. The van der Waals surface area contributed by atoms with Gasteiger partial charge in [0.05, 0.1) is 0 Å². The molecule has 0 aliphatic heterocycles. The van der Waals surface area contributed by atoms with Crippen LogP contribution >= 0.6 is 11.8 Å². The number of aryl methyl sites for hydroxylation is 2. The number of benzene rings is 1. The van der Waals surface area contributed by atoms with E-state index < -0.39 is 5.97 Å². The molecule has 0 aliphatic carbocycles. The van der Waals surface area contributed by atoms with Crippen LogP contribution < -0.4 is 0 Å². The van der Waals surface area contributed by atoms with E-state index in [1.54, 1.807) is 0 Å². The molecule has 0 saturated heterocycles. The molecule has 1 N–H and O–H groups in total. The van der Waals surface area contributed by atoms with Crippen LogP contribution in [0.15, 0.2) is 35.6 Å². The Morgan fingerprint density at radius 1 is 1.16 bits per heavy atom. The number of nitrogens with zero attached hydrogens (tertiary/aromatic N) is 2. The second-order valence-corrected chi connectivity index (χ2v) is 5.26.